The summed E-state index contributed by atoms with van der Waals surface area (Å²) in [5, 5.41) is 2.81. The topological polar surface area (TPSA) is 126 Å². The van der Waals surface area contributed by atoms with E-state index in [2.05, 4.69) is 10.2 Å². The maximum Gasteiger partial charge on any atom is 0.268 e. The van der Waals surface area contributed by atoms with Gasteiger partial charge >= 0.3 is 0 Å². The number of piperazine rings is 1. The standard InChI is InChI=1S/C28H33ClN4O7S2/c1-20-5-11-26(40-4)27(17-20)42(37,38)33(22-8-12-25(39-3)24(29)18-22)19-28(34)30-21-6-9-23(10-7-21)41(35,36)32-15-13-31(2)14-16-32/h5-12,17-18H,13-16,19H2,1-4H3,(H,30,34). The first-order valence-corrected chi connectivity index (χ1v) is 16.2. The van der Waals surface area contributed by atoms with Crippen LogP contribution in [0.2, 0.25) is 5.02 Å². The fourth-order valence-electron chi connectivity index (χ4n) is 4.45. The monoisotopic (exact) mass is 636 g/mol. The average Bonchev–Trinajstić information content (AvgIpc) is 2.96. The van der Waals surface area contributed by atoms with Gasteiger partial charge in [-0.05, 0) is 74.1 Å². The van der Waals surface area contributed by atoms with Gasteiger partial charge in [0.2, 0.25) is 15.9 Å². The number of nitrogens with one attached hydrogen (secondary N) is 1. The van der Waals surface area contributed by atoms with Crippen LogP contribution in [0.3, 0.4) is 0 Å². The molecule has 42 heavy (non-hydrogen) atoms. The Morgan fingerprint density at radius 2 is 1.52 bits per heavy atom. The highest BCUT2D eigenvalue weighted by Gasteiger charge is 2.31. The van der Waals surface area contributed by atoms with Crippen LogP contribution in [0.15, 0.2) is 70.5 Å². The number of methoxy groups -OCH3 is 2. The molecule has 14 heteroatoms. The summed E-state index contributed by atoms with van der Waals surface area (Å²) in [5.41, 5.74) is 1.11. The summed E-state index contributed by atoms with van der Waals surface area (Å²) in [4.78, 5) is 15.3. The van der Waals surface area contributed by atoms with Gasteiger partial charge < -0.3 is 19.7 Å². The number of carbonyl (C=O) groups excluding carboxylic acids is 1. The predicted molar refractivity (Wildman–Crippen MR) is 162 cm³/mol. The Morgan fingerprint density at radius 3 is 2.12 bits per heavy atom. The molecule has 0 bridgehead atoms. The lowest BCUT2D eigenvalue weighted by Crippen LogP contribution is -2.46. The molecule has 1 N–H and O–H groups in total. The number of likely N-dealkylation sites (N-methyl/N-ethyl adjacent to an activating group) is 1. The molecule has 0 atom stereocenters. The van der Waals surface area contributed by atoms with Crippen LogP contribution < -0.4 is 19.1 Å². The Morgan fingerprint density at radius 1 is 0.905 bits per heavy atom. The number of sulfonamides is 2. The van der Waals surface area contributed by atoms with E-state index in [1.54, 1.807) is 19.1 Å². The Kier molecular flexibility index (Phi) is 9.68. The van der Waals surface area contributed by atoms with Crippen molar-refractivity contribution < 1.29 is 31.1 Å². The molecule has 0 saturated carbocycles. The first-order valence-electron chi connectivity index (χ1n) is 13.0. The first kappa shape index (κ1) is 31.6. The molecule has 1 amide bonds. The Labute approximate surface area is 251 Å². The second-order valence-corrected chi connectivity index (χ2v) is 13.9. The van der Waals surface area contributed by atoms with Gasteiger partial charge in [0.15, 0.2) is 0 Å². The Bertz CT molecular complexity index is 1660. The van der Waals surface area contributed by atoms with Crippen LogP contribution in [-0.2, 0) is 24.8 Å². The van der Waals surface area contributed by atoms with Crippen molar-refractivity contribution in [1.29, 1.82) is 0 Å². The number of rotatable bonds is 10. The largest absolute Gasteiger partial charge is 0.495 e. The van der Waals surface area contributed by atoms with Crippen LogP contribution in [0, 0.1) is 6.92 Å². The molecule has 0 radical (unpaired) electrons. The molecule has 1 saturated heterocycles. The van der Waals surface area contributed by atoms with E-state index < -0.39 is 32.5 Å². The minimum atomic E-state index is -4.33. The van der Waals surface area contributed by atoms with Gasteiger partial charge in [-0.15, -0.1) is 0 Å². The van der Waals surface area contributed by atoms with Gasteiger partial charge in [-0.3, -0.25) is 9.10 Å². The number of aryl methyl sites for hydroxylation is 1. The smallest absolute Gasteiger partial charge is 0.268 e. The van der Waals surface area contributed by atoms with Gasteiger partial charge in [-0.2, -0.15) is 4.31 Å². The number of hydrogen-bond donors (Lipinski definition) is 1. The van der Waals surface area contributed by atoms with Crippen molar-refractivity contribution in [1.82, 2.24) is 9.21 Å². The highest BCUT2D eigenvalue weighted by molar-refractivity contribution is 7.93. The molecule has 1 heterocycles. The average molecular weight is 637 g/mol. The van der Waals surface area contributed by atoms with Crippen LogP contribution in [0.4, 0.5) is 11.4 Å². The van der Waals surface area contributed by atoms with Crippen molar-refractivity contribution in [3.8, 4) is 11.5 Å². The molecule has 4 rings (SSSR count). The summed E-state index contributed by atoms with van der Waals surface area (Å²) < 4.78 is 66.9. The van der Waals surface area contributed by atoms with Gasteiger partial charge in [0.05, 0.1) is 29.8 Å². The van der Waals surface area contributed by atoms with E-state index in [9.17, 15) is 21.6 Å². The second-order valence-electron chi connectivity index (χ2n) is 9.76. The van der Waals surface area contributed by atoms with Crippen molar-refractivity contribution in [2.45, 2.75) is 16.7 Å². The maximum absolute atomic E-state index is 14.0. The Balaban J connectivity index is 1.60. The Hall–Kier alpha value is -3.36. The number of ether oxygens (including phenoxy) is 2. The van der Waals surface area contributed by atoms with E-state index in [1.165, 1.54) is 67.1 Å². The molecule has 0 aromatic heterocycles. The molecule has 3 aromatic carbocycles. The van der Waals surface area contributed by atoms with E-state index in [0.717, 1.165) is 4.31 Å². The highest BCUT2D eigenvalue weighted by atomic mass is 35.5. The second kappa shape index (κ2) is 12.9. The molecule has 1 aliphatic rings. The summed E-state index contributed by atoms with van der Waals surface area (Å²) in [7, 11) is -3.28. The summed E-state index contributed by atoms with van der Waals surface area (Å²) in [6.07, 6.45) is 0. The highest BCUT2D eigenvalue weighted by Crippen LogP contribution is 2.34. The van der Waals surface area contributed by atoms with Crippen molar-refractivity contribution in [2.75, 3.05) is 63.6 Å². The van der Waals surface area contributed by atoms with Crippen LogP contribution in [0.25, 0.3) is 0 Å². The van der Waals surface area contributed by atoms with E-state index in [1.807, 2.05) is 7.05 Å². The quantitative estimate of drug-likeness (QED) is 0.359. The molecular weight excluding hydrogens is 604 g/mol. The molecule has 0 aliphatic carbocycles. The third-order valence-corrected chi connectivity index (χ3v) is 10.8. The molecule has 226 valence electrons. The minimum Gasteiger partial charge on any atom is -0.495 e. The number of benzene rings is 3. The number of amides is 1. The number of nitrogens with zero attached hydrogens (tertiary/aromatic N) is 3. The van der Waals surface area contributed by atoms with Gasteiger partial charge in [-0.25, -0.2) is 16.8 Å². The SMILES string of the molecule is COc1ccc(N(CC(=O)Nc2ccc(S(=O)(=O)N3CCN(C)CC3)cc2)S(=O)(=O)c2cc(C)ccc2OC)cc1Cl. The molecule has 1 aliphatic heterocycles. The number of carbonyl (C=O) groups is 1. The number of halogens is 1. The zero-order valence-electron chi connectivity index (χ0n) is 23.7. The van der Waals surface area contributed by atoms with Crippen molar-refractivity contribution >= 4 is 48.9 Å². The van der Waals surface area contributed by atoms with Gasteiger partial charge in [0.25, 0.3) is 10.0 Å². The van der Waals surface area contributed by atoms with Crippen molar-refractivity contribution in [3.05, 3.63) is 71.2 Å². The minimum absolute atomic E-state index is 0.105. The van der Waals surface area contributed by atoms with Crippen molar-refractivity contribution in [2.24, 2.45) is 0 Å². The normalized spacial score (nSPS) is 14.8. The van der Waals surface area contributed by atoms with Crippen LogP contribution >= 0.6 is 11.6 Å². The van der Waals surface area contributed by atoms with Gasteiger partial charge in [0.1, 0.15) is 22.9 Å². The van der Waals surface area contributed by atoms with Crippen LogP contribution in [-0.4, -0.2) is 85.9 Å². The van der Waals surface area contributed by atoms with Crippen LogP contribution in [0.5, 0.6) is 11.5 Å². The predicted octanol–water partition coefficient (Wildman–Crippen LogP) is 3.44. The number of anilines is 2. The third kappa shape index (κ3) is 6.81. The van der Waals surface area contributed by atoms with Crippen molar-refractivity contribution in [3.63, 3.8) is 0 Å². The summed E-state index contributed by atoms with van der Waals surface area (Å²) >= 11 is 6.31. The van der Waals surface area contributed by atoms with Gasteiger partial charge in [-0.1, -0.05) is 17.7 Å². The summed E-state index contributed by atoms with van der Waals surface area (Å²) in [6, 6.07) is 14.9. The third-order valence-electron chi connectivity index (χ3n) is 6.84. The lowest BCUT2D eigenvalue weighted by molar-refractivity contribution is -0.114. The lowest BCUT2D eigenvalue weighted by atomic mass is 10.2. The molecule has 3 aromatic rings. The molecular formula is C28H33ClN4O7S2. The van der Waals surface area contributed by atoms with E-state index in [4.69, 9.17) is 21.1 Å². The van der Waals surface area contributed by atoms with Crippen LogP contribution in [0.1, 0.15) is 5.56 Å². The zero-order valence-corrected chi connectivity index (χ0v) is 26.1. The molecule has 1 fully saturated rings. The summed E-state index contributed by atoms with van der Waals surface area (Å²) in [5.74, 6) is -0.212. The molecule has 0 spiro atoms. The molecule has 11 nitrogen and oxygen atoms in total. The lowest BCUT2D eigenvalue weighted by Gasteiger charge is -2.31. The van der Waals surface area contributed by atoms with Gasteiger partial charge in [0, 0.05) is 31.9 Å². The maximum atomic E-state index is 14.0. The zero-order chi connectivity index (χ0) is 30.7. The first-order chi connectivity index (χ1) is 19.9. The van der Waals surface area contributed by atoms with E-state index >= 15 is 0 Å². The molecule has 0 unspecified atom stereocenters. The van der Waals surface area contributed by atoms with E-state index in [-0.39, 0.29) is 26.3 Å². The summed E-state index contributed by atoms with van der Waals surface area (Å²) in [6.45, 7) is 3.20. The number of hydrogen-bond acceptors (Lipinski definition) is 8. The fraction of sp³-hybridized carbons (Fsp3) is 0.321. The van der Waals surface area contributed by atoms with E-state index in [0.29, 0.717) is 43.2 Å². The fourth-order valence-corrected chi connectivity index (χ4v) is 7.78.